The standard InChI is InChI=1S/C14H16N2O4/c1-15-12(18)14(7-10(17)8-16(14)13(15)19)9-4-3-5-11(6-9)20-2/h3-6,10,17H,7-8H2,1-2H3/t10-,14+/m1/s1. The van der Waals surface area contributed by atoms with Gasteiger partial charge in [-0.1, -0.05) is 12.1 Å². The molecule has 1 aromatic rings. The van der Waals surface area contributed by atoms with Crippen LogP contribution in [0.3, 0.4) is 0 Å². The predicted octanol–water partition coefficient (Wildman–Crippen LogP) is 0.549. The first-order valence-corrected chi connectivity index (χ1v) is 6.43. The summed E-state index contributed by atoms with van der Waals surface area (Å²) in [6.45, 7) is 0.173. The molecule has 1 aromatic carbocycles. The summed E-state index contributed by atoms with van der Waals surface area (Å²) in [6, 6.07) is 6.73. The fourth-order valence-corrected chi connectivity index (χ4v) is 3.15. The Balaban J connectivity index is 2.16. The fourth-order valence-electron chi connectivity index (χ4n) is 3.15. The van der Waals surface area contributed by atoms with Gasteiger partial charge in [-0.15, -0.1) is 0 Å². The Morgan fingerprint density at radius 2 is 2.15 bits per heavy atom. The Morgan fingerprint density at radius 1 is 1.40 bits per heavy atom. The molecule has 1 N–H and O–H groups in total. The summed E-state index contributed by atoms with van der Waals surface area (Å²) < 4.78 is 5.18. The number of hydrogen-bond acceptors (Lipinski definition) is 4. The molecule has 0 unspecified atom stereocenters. The summed E-state index contributed by atoms with van der Waals surface area (Å²) in [7, 11) is 3.02. The number of amides is 3. The normalized spacial score (nSPS) is 29.1. The molecule has 2 aliphatic heterocycles. The fraction of sp³-hybridized carbons (Fsp3) is 0.429. The molecule has 2 heterocycles. The molecule has 0 bridgehead atoms. The van der Waals surface area contributed by atoms with Gasteiger partial charge >= 0.3 is 6.03 Å². The van der Waals surface area contributed by atoms with Crippen LogP contribution in [0.25, 0.3) is 0 Å². The molecule has 2 atom stereocenters. The molecule has 2 fully saturated rings. The van der Waals surface area contributed by atoms with Gasteiger partial charge in [-0.05, 0) is 17.7 Å². The molecule has 106 valence electrons. The minimum absolute atomic E-state index is 0.173. The van der Waals surface area contributed by atoms with Crippen LogP contribution >= 0.6 is 0 Å². The lowest BCUT2D eigenvalue weighted by atomic mass is 9.86. The van der Waals surface area contributed by atoms with Gasteiger partial charge in [0.1, 0.15) is 5.75 Å². The molecule has 2 saturated heterocycles. The summed E-state index contributed by atoms with van der Waals surface area (Å²) in [5.74, 6) is 0.320. The molecule has 0 radical (unpaired) electrons. The monoisotopic (exact) mass is 276 g/mol. The zero-order valence-electron chi connectivity index (χ0n) is 11.4. The smallest absolute Gasteiger partial charge is 0.327 e. The van der Waals surface area contributed by atoms with E-state index in [2.05, 4.69) is 0 Å². The molecular formula is C14H16N2O4. The third-order valence-corrected chi connectivity index (χ3v) is 4.11. The van der Waals surface area contributed by atoms with E-state index in [4.69, 9.17) is 4.74 Å². The van der Waals surface area contributed by atoms with Crippen LogP contribution in [-0.4, -0.2) is 53.7 Å². The second kappa shape index (κ2) is 4.21. The molecule has 0 saturated carbocycles. The maximum atomic E-state index is 12.6. The first-order chi connectivity index (χ1) is 9.50. The minimum atomic E-state index is -1.10. The van der Waals surface area contributed by atoms with Gasteiger partial charge in [0.15, 0.2) is 5.54 Å². The number of rotatable bonds is 2. The summed E-state index contributed by atoms with van der Waals surface area (Å²) in [6.07, 6.45) is -0.475. The van der Waals surface area contributed by atoms with Crippen molar-refractivity contribution >= 4 is 11.9 Å². The van der Waals surface area contributed by atoms with E-state index in [1.165, 1.54) is 11.9 Å². The predicted molar refractivity (Wildman–Crippen MR) is 70.2 cm³/mol. The molecule has 6 nitrogen and oxygen atoms in total. The van der Waals surface area contributed by atoms with Gasteiger partial charge in [-0.25, -0.2) is 4.79 Å². The molecule has 0 aliphatic carbocycles. The van der Waals surface area contributed by atoms with Gasteiger partial charge in [0, 0.05) is 20.0 Å². The first kappa shape index (κ1) is 12.9. The number of aliphatic hydroxyl groups excluding tert-OH is 1. The van der Waals surface area contributed by atoms with Crippen molar-refractivity contribution in [3.8, 4) is 5.75 Å². The zero-order chi connectivity index (χ0) is 14.5. The molecule has 6 heteroatoms. The molecule has 3 amide bonds. The Kier molecular flexibility index (Phi) is 2.72. The highest BCUT2D eigenvalue weighted by Gasteiger charge is 2.61. The minimum Gasteiger partial charge on any atom is -0.497 e. The molecule has 2 aliphatic rings. The second-order valence-corrected chi connectivity index (χ2v) is 5.21. The van der Waals surface area contributed by atoms with E-state index in [-0.39, 0.29) is 24.9 Å². The van der Waals surface area contributed by atoms with Crippen LogP contribution in [0.2, 0.25) is 0 Å². The number of fused-ring (bicyclic) bond motifs is 1. The highest BCUT2D eigenvalue weighted by Crippen LogP contribution is 2.45. The number of hydrogen-bond donors (Lipinski definition) is 1. The lowest BCUT2D eigenvalue weighted by molar-refractivity contribution is -0.132. The third-order valence-electron chi connectivity index (χ3n) is 4.11. The van der Waals surface area contributed by atoms with Crippen LogP contribution in [0, 0.1) is 0 Å². The molecule has 3 rings (SSSR count). The maximum absolute atomic E-state index is 12.6. The van der Waals surface area contributed by atoms with Crippen molar-refractivity contribution in [2.45, 2.75) is 18.1 Å². The number of carbonyl (C=O) groups excluding carboxylic acids is 2. The summed E-state index contributed by atoms with van der Waals surface area (Å²) >= 11 is 0. The van der Waals surface area contributed by atoms with Crippen LogP contribution in [-0.2, 0) is 10.3 Å². The lowest BCUT2D eigenvalue weighted by Crippen LogP contribution is -2.41. The van der Waals surface area contributed by atoms with Crippen molar-refractivity contribution in [2.24, 2.45) is 0 Å². The van der Waals surface area contributed by atoms with Crippen LogP contribution in [0.5, 0.6) is 5.75 Å². The number of likely N-dealkylation sites (N-methyl/N-ethyl adjacent to an activating group) is 1. The quantitative estimate of drug-likeness (QED) is 0.801. The summed E-state index contributed by atoms with van der Waals surface area (Å²) in [4.78, 5) is 27.3. The highest BCUT2D eigenvalue weighted by atomic mass is 16.5. The number of ether oxygens (including phenoxy) is 1. The Labute approximate surface area is 116 Å². The topological polar surface area (TPSA) is 70.1 Å². The highest BCUT2D eigenvalue weighted by molar-refractivity contribution is 6.07. The van der Waals surface area contributed by atoms with Crippen LogP contribution in [0.4, 0.5) is 4.79 Å². The van der Waals surface area contributed by atoms with Gasteiger partial charge in [-0.3, -0.25) is 9.69 Å². The van der Waals surface area contributed by atoms with E-state index in [1.54, 1.807) is 31.4 Å². The van der Waals surface area contributed by atoms with Crippen LogP contribution in [0.1, 0.15) is 12.0 Å². The largest absolute Gasteiger partial charge is 0.497 e. The van der Waals surface area contributed by atoms with Gasteiger partial charge in [0.25, 0.3) is 5.91 Å². The van der Waals surface area contributed by atoms with Gasteiger partial charge in [0.05, 0.1) is 13.2 Å². The number of imide groups is 1. The zero-order valence-corrected chi connectivity index (χ0v) is 11.4. The molecule has 0 aromatic heterocycles. The average molecular weight is 276 g/mol. The number of benzene rings is 1. The molecular weight excluding hydrogens is 260 g/mol. The van der Waals surface area contributed by atoms with E-state index in [0.717, 1.165) is 4.90 Å². The Hall–Kier alpha value is -2.08. The summed E-state index contributed by atoms with van der Waals surface area (Å²) in [5, 5.41) is 9.91. The Morgan fingerprint density at radius 3 is 2.85 bits per heavy atom. The van der Waals surface area contributed by atoms with E-state index >= 15 is 0 Å². The van der Waals surface area contributed by atoms with Crippen molar-refractivity contribution in [3.05, 3.63) is 29.8 Å². The lowest BCUT2D eigenvalue weighted by Gasteiger charge is -2.28. The van der Waals surface area contributed by atoms with E-state index < -0.39 is 11.6 Å². The van der Waals surface area contributed by atoms with Gasteiger partial charge < -0.3 is 14.7 Å². The first-order valence-electron chi connectivity index (χ1n) is 6.43. The molecule has 20 heavy (non-hydrogen) atoms. The van der Waals surface area contributed by atoms with Gasteiger partial charge in [-0.2, -0.15) is 0 Å². The van der Waals surface area contributed by atoms with Crippen molar-refractivity contribution in [2.75, 3.05) is 20.7 Å². The van der Waals surface area contributed by atoms with E-state index in [0.29, 0.717) is 11.3 Å². The average Bonchev–Trinajstić information content (AvgIpc) is 2.90. The number of methoxy groups -OCH3 is 1. The van der Waals surface area contributed by atoms with Crippen molar-refractivity contribution < 1.29 is 19.4 Å². The van der Waals surface area contributed by atoms with Crippen LogP contribution in [0.15, 0.2) is 24.3 Å². The number of nitrogens with zero attached hydrogens (tertiary/aromatic N) is 2. The van der Waals surface area contributed by atoms with Crippen molar-refractivity contribution in [1.29, 1.82) is 0 Å². The summed E-state index contributed by atoms with van der Waals surface area (Å²) in [5.41, 5.74) is -0.420. The third kappa shape index (κ3) is 1.48. The van der Waals surface area contributed by atoms with E-state index in [9.17, 15) is 14.7 Å². The maximum Gasteiger partial charge on any atom is 0.327 e. The number of urea groups is 1. The van der Waals surface area contributed by atoms with Gasteiger partial charge in [0.2, 0.25) is 0 Å². The van der Waals surface area contributed by atoms with Crippen molar-refractivity contribution in [1.82, 2.24) is 9.80 Å². The SMILES string of the molecule is COc1cccc([C@]23C[C@@H](O)CN2C(=O)N(C)C3=O)c1. The number of aliphatic hydroxyl groups is 1. The van der Waals surface area contributed by atoms with Crippen LogP contribution < -0.4 is 4.74 Å². The number of carbonyl (C=O) groups is 2. The van der Waals surface area contributed by atoms with E-state index in [1.807, 2.05) is 0 Å². The second-order valence-electron chi connectivity index (χ2n) is 5.21. The Bertz CT molecular complexity index is 588. The van der Waals surface area contributed by atoms with Crippen molar-refractivity contribution in [3.63, 3.8) is 0 Å². The molecule has 0 spiro atoms.